The van der Waals surface area contributed by atoms with Crippen molar-refractivity contribution in [1.29, 1.82) is 0 Å². The Kier molecular flexibility index (Phi) is 6.08. The van der Waals surface area contributed by atoms with E-state index in [1.165, 1.54) is 0 Å². The van der Waals surface area contributed by atoms with E-state index in [0.29, 0.717) is 11.6 Å². The van der Waals surface area contributed by atoms with Gasteiger partial charge in [0.1, 0.15) is 0 Å². The number of hydrogen-bond donors (Lipinski definition) is 1. The van der Waals surface area contributed by atoms with Gasteiger partial charge < -0.3 is 10.2 Å². The van der Waals surface area contributed by atoms with Gasteiger partial charge in [-0.3, -0.25) is 4.79 Å². The second kappa shape index (κ2) is 8.26. The summed E-state index contributed by atoms with van der Waals surface area (Å²) in [5.74, 6) is 5.90. The molecule has 0 atom stereocenters. The van der Waals surface area contributed by atoms with Crippen molar-refractivity contribution in [1.82, 2.24) is 5.32 Å². The van der Waals surface area contributed by atoms with E-state index in [2.05, 4.69) is 17.2 Å². The molecule has 0 radical (unpaired) electrons. The molecule has 0 heterocycles. The SMILES string of the molecule is CN(C)c1ccc(C#CCNC(=O)Cc2ccccc2Cl)cc1. The van der Waals surface area contributed by atoms with Gasteiger partial charge in [-0.2, -0.15) is 0 Å². The lowest BCUT2D eigenvalue weighted by molar-refractivity contribution is -0.120. The number of rotatable bonds is 4. The molecule has 0 bridgehead atoms. The van der Waals surface area contributed by atoms with Crippen LogP contribution < -0.4 is 10.2 Å². The van der Waals surface area contributed by atoms with Gasteiger partial charge in [0.25, 0.3) is 0 Å². The Morgan fingerprint density at radius 2 is 1.83 bits per heavy atom. The molecule has 0 aliphatic carbocycles. The molecule has 0 aromatic heterocycles. The molecule has 1 N–H and O–H groups in total. The van der Waals surface area contributed by atoms with E-state index in [0.717, 1.165) is 16.8 Å². The molecule has 0 saturated heterocycles. The summed E-state index contributed by atoms with van der Waals surface area (Å²) >= 11 is 6.03. The predicted octanol–water partition coefficient (Wildman–Crippen LogP) is 3.12. The summed E-state index contributed by atoms with van der Waals surface area (Å²) in [6, 6.07) is 15.3. The lowest BCUT2D eigenvalue weighted by Gasteiger charge is -2.11. The summed E-state index contributed by atoms with van der Waals surface area (Å²) in [5, 5.41) is 3.39. The van der Waals surface area contributed by atoms with Crippen LogP contribution >= 0.6 is 11.6 Å². The minimum absolute atomic E-state index is 0.0876. The highest BCUT2D eigenvalue weighted by Crippen LogP contribution is 2.15. The van der Waals surface area contributed by atoms with Crippen LogP contribution in [0, 0.1) is 11.8 Å². The quantitative estimate of drug-likeness (QED) is 0.876. The monoisotopic (exact) mass is 326 g/mol. The van der Waals surface area contributed by atoms with Crippen LogP contribution in [0.4, 0.5) is 5.69 Å². The normalized spacial score (nSPS) is 9.70. The fourth-order valence-corrected chi connectivity index (χ4v) is 2.21. The van der Waals surface area contributed by atoms with E-state index < -0.39 is 0 Å². The van der Waals surface area contributed by atoms with Gasteiger partial charge >= 0.3 is 0 Å². The van der Waals surface area contributed by atoms with Crippen LogP contribution in [0.5, 0.6) is 0 Å². The van der Waals surface area contributed by atoms with Crippen molar-refractivity contribution < 1.29 is 4.79 Å². The van der Waals surface area contributed by atoms with Gasteiger partial charge in [0.05, 0.1) is 13.0 Å². The standard InChI is InChI=1S/C19H19ClN2O/c1-22(2)17-11-9-15(10-12-17)6-5-13-21-19(23)14-16-7-3-4-8-18(16)20/h3-4,7-12H,13-14H2,1-2H3,(H,21,23). The highest BCUT2D eigenvalue weighted by atomic mass is 35.5. The van der Waals surface area contributed by atoms with Gasteiger partial charge in [0.15, 0.2) is 0 Å². The molecule has 0 unspecified atom stereocenters. The van der Waals surface area contributed by atoms with Gasteiger partial charge in [-0.25, -0.2) is 0 Å². The number of benzene rings is 2. The Hall–Kier alpha value is -2.44. The molecule has 118 valence electrons. The first kappa shape index (κ1) is 16.9. The molecular weight excluding hydrogens is 308 g/mol. The predicted molar refractivity (Wildman–Crippen MR) is 95.8 cm³/mol. The van der Waals surface area contributed by atoms with E-state index in [-0.39, 0.29) is 12.3 Å². The topological polar surface area (TPSA) is 32.3 Å². The highest BCUT2D eigenvalue weighted by Gasteiger charge is 2.04. The fraction of sp³-hybridized carbons (Fsp3) is 0.211. The van der Waals surface area contributed by atoms with Gasteiger partial charge in [0, 0.05) is 30.4 Å². The van der Waals surface area contributed by atoms with Crippen molar-refractivity contribution in [2.24, 2.45) is 0 Å². The van der Waals surface area contributed by atoms with Crippen LogP contribution in [0.1, 0.15) is 11.1 Å². The Morgan fingerprint density at radius 1 is 1.13 bits per heavy atom. The van der Waals surface area contributed by atoms with Crippen LogP contribution in [-0.2, 0) is 11.2 Å². The number of nitrogens with one attached hydrogen (secondary N) is 1. The van der Waals surface area contributed by atoms with E-state index in [4.69, 9.17) is 11.6 Å². The summed E-state index contributed by atoms with van der Waals surface area (Å²) in [6.45, 7) is 0.318. The zero-order valence-electron chi connectivity index (χ0n) is 13.3. The van der Waals surface area contributed by atoms with Gasteiger partial charge in [-0.1, -0.05) is 41.6 Å². The minimum Gasteiger partial charge on any atom is -0.378 e. The molecule has 2 rings (SSSR count). The van der Waals surface area contributed by atoms with E-state index in [1.807, 2.05) is 61.5 Å². The minimum atomic E-state index is -0.0876. The second-order valence-electron chi connectivity index (χ2n) is 5.29. The molecule has 3 nitrogen and oxygen atoms in total. The lowest BCUT2D eigenvalue weighted by Crippen LogP contribution is -2.25. The molecule has 2 aromatic carbocycles. The number of anilines is 1. The molecule has 1 amide bonds. The van der Waals surface area contributed by atoms with Crippen molar-refractivity contribution in [3.05, 3.63) is 64.7 Å². The van der Waals surface area contributed by atoms with Crippen LogP contribution in [-0.4, -0.2) is 26.5 Å². The third-order valence-electron chi connectivity index (χ3n) is 3.30. The first-order chi connectivity index (χ1) is 11.1. The number of nitrogens with zero attached hydrogens (tertiary/aromatic N) is 1. The fourth-order valence-electron chi connectivity index (χ4n) is 2.01. The Labute approximate surface area is 142 Å². The maximum absolute atomic E-state index is 11.9. The van der Waals surface area contributed by atoms with E-state index in [9.17, 15) is 4.79 Å². The third-order valence-corrected chi connectivity index (χ3v) is 3.67. The zero-order valence-corrected chi connectivity index (χ0v) is 14.0. The Morgan fingerprint density at radius 3 is 2.48 bits per heavy atom. The first-order valence-corrected chi connectivity index (χ1v) is 7.70. The molecule has 4 heteroatoms. The average molecular weight is 327 g/mol. The molecule has 0 saturated carbocycles. The maximum Gasteiger partial charge on any atom is 0.225 e. The smallest absolute Gasteiger partial charge is 0.225 e. The Bertz CT molecular complexity index is 727. The summed E-state index contributed by atoms with van der Waals surface area (Å²) in [6.07, 6.45) is 0.263. The highest BCUT2D eigenvalue weighted by molar-refractivity contribution is 6.31. The van der Waals surface area contributed by atoms with Crippen molar-refractivity contribution in [2.75, 3.05) is 25.5 Å². The third kappa shape index (κ3) is 5.36. The summed E-state index contributed by atoms with van der Waals surface area (Å²) < 4.78 is 0. The van der Waals surface area contributed by atoms with Crippen LogP contribution in [0.25, 0.3) is 0 Å². The van der Waals surface area contributed by atoms with Gasteiger partial charge in [-0.05, 0) is 35.9 Å². The van der Waals surface area contributed by atoms with Gasteiger partial charge in [0.2, 0.25) is 5.91 Å². The second-order valence-corrected chi connectivity index (χ2v) is 5.70. The summed E-state index contributed by atoms with van der Waals surface area (Å²) in [5.41, 5.74) is 2.87. The largest absolute Gasteiger partial charge is 0.378 e. The van der Waals surface area contributed by atoms with Crippen LogP contribution in [0.2, 0.25) is 5.02 Å². The van der Waals surface area contributed by atoms with Crippen LogP contribution in [0.3, 0.4) is 0 Å². The number of hydrogen-bond acceptors (Lipinski definition) is 2. The van der Waals surface area contributed by atoms with Crippen molar-refractivity contribution in [2.45, 2.75) is 6.42 Å². The van der Waals surface area contributed by atoms with E-state index >= 15 is 0 Å². The molecule has 0 aliphatic heterocycles. The first-order valence-electron chi connectivity index (χ1n) is 7.32. The number of carbonyl (C=O) groups is 1. The van der Waals surface area contributed by atoms with Crippen LogP contribution in [0.15, 0.2) is 48.5 Å². The zero-order chi connectivity index (χ0) is 16.7. The lowest BCUT2D eigenvalue weighted by atomic mass is 10.1. The summed E-state index contributed by atoms with van der Waals surface area (Å²) in [4.78, 5) is 13.9. The van der Waals surface area contributed by atoms with Crippen molar-refractivity contribution >= 4 is 23.2 Å². The Balaban J connectivity index is 1.83. The molecule has 0 fully saturated rings. The number of carbonyl (C=O) groups excluding carboxylic acids is 1. The average Bonchev–Trinajstić information content (AvgIpc) is 2.54. The molecule has 2 aromatic rings. The van der Waals surface area contributed by atoms with Gasteiger partial charge in [-0.15, -0.1) is 0 Å². The number of amides is 1. The molecular formula is C19H19ClN2O. The number of halogens is 1. The molecule has 23 heavy (non-hydrogen) atoms. The molecule has 0 aliphatic rings. The van der Waals surface area contributed by atoms with Crippen molar-refractivity contribution in [3.8, 4) is 11.8 Å². The molecule has 0 spiro atoms. The summed E-state index contributed by atoms with van der Waals surface area (Å²) in [7, 11) is 3.99. The van der Waals surface area contributed by atoms with E-state index in [1.54, 1.807) is 6.07 Å². The maximum atomic E-state index is 11.9. The van der Waals surface area contributed by atoms with Crippen molar-refractivity contribution in [3.63, 3.8) is 0 Å².